The van der Waals surface area contributed by atoms with Gasteiger partial charge in [-0.3, -0.25) is 4.79 Å². The number of anilines is 1. The Labute approximate surface area is 164 Å². The van der Waals surface area contributed by atoms with Gasteiger partial charge in [-0.05, 0) is 42.8 Å². The molecular formula is C22H23NO5. The van der Waals surface area contributed by atoms with E-state index in [1.807, 2.05) is 12.1 Å². The maximum atomic E-state index is 12.2. The van der Waals surface area contributed by atoms with Crippen LogP contribution < -0.4 is 14.8 Å². The summed E-state index contributed by atoms with van der Waals surface area (Å²) in [5.74, 6) is 0.487. The number of ether oxygens (including phenoxy) is 3. The molecular weight excluding hydrogens is 358 g/mol. The number of esters is 1. The molecule has 6 heteroatoms. The van der Waals surface area contributed by atoms with Gasteiger partial charge in [0.1, 0.15) is 0 Å². The minimum atomic E-state index is -0.391. The molecule has 2 rings (SSSR count). The van der Waals surface area contributed by atoms with Crippen molar-refractivity contribution in [1.82, 2.24) is 0 Å². The first-order valence-corrected chi connectivity index (χ1v) is 8.72. The van der Waals surface area contributed by atoms with Gasteiger partial charge < -0.3 is 19.5 Å². The molecule has 0 saturated carbocycles. The first-order chi connectivity index (χ1) is 13.6. The fraction of sp³-hybridized carbons (Fsp3) is 0.182. The van der Waals surface area contributed by atoms with Crippen LogP contribution in [-0.4, -0.2) is 32.7 Å². The van der Waals surface area contributed by atoms with Gasteiger partial charge in [-0.2, -0.15) is 0 Å². The molecule has 0 aliphatic carbocycles. The molecule has 0 unspecified atom stereocenters. The number of carbonyl (C=O) groups is 2. The van der Waals surface area contributed by atoms with E-state index in [-0.39, 0.29) is 5.91 Å². The average molecular weight is 381 g/mol. The van der Waals surface area contributed by atoms with Gasteiger partial charge in [-0.1, -0.05) is 24.3 Å². The molecule has 0 bridgehead atoms. The number of hydrogen-bond acceptors (Lipinski definition) is 5. The summed E-state index contributed by atoms with van der Waals surface area (Å²) in [5, 5.41) is 2.78. The number of hydrogen-bond donors (Lipinski definition) is 1. The lowest BCUT2D eigenvalue weighted by atomic mass is 10.1. The van der Waals surface area contributed by atoms with Crippen LogP contribution in [0.5, 0.6) is 11.5 Å². The van der Waals surface area contributed by atoms with Gasteiger partial charge >= 0.3 is 5.97 Å². The number of carbonyl (C=O) groups excluding carboxylic acids is 2. The Balaban J connectivity index is 2.00. The van der Waals surface area contributed by atoms with E-state index in [0.717, 1.165) is 11.1 Å². The van der Waals surface area contributed by atoms with Gasteiger partial charge in [0.2, 0.25) is 5.91 Å². The normalized spacial score (nSPS) is 10.8. The molecule has 2 aromatic rings. The van der Waals surface area contributed by atoms with Gasteiger partial charge in [0.15, 0.2) is 11.5 Å². The van der Waals surface area contributed by atoms with Crippen molar-refractivity contribution in [3.05, 3.63) is 65.7 Å². The van der Waals surface area contributed by atoms with E-state index in [9.17, 15) is 9.59 Å². The number of para-hydroxylation sites is 1. The van der Waals surface area contributed by atoms with E-state index in [2.05, 4.69) is 5.32 Å². The molecule has 146 valence electrons. The second-order valence-electron chi connectivity index (χ2n) is 5.61. The molecule has 1 amide bonds. The summed E-state index contributed by atoms with van der Waals surface area (Å²) in [6, 6.07) is 12.5. The molecule has 2 aromatic carbocycles. The molecule has 0 saturated heterocycles. The van der Waals surface area contributed by atoms with Crippen LogP contribution in [0, 0.1) is 0 Å². The molecule has 0 atom stereocenters. The Morgan fingerprint density at radius 2 is 1.71 bits per heavy atom. The van der Waals surface area contributed by atoms with E-state index in [1.54, 1.807) is 63.6 Å². The molecule has 0 spiro atoms. The third kappa shape index (κ3) is 6.02. The minimum absolute atomic E-state index is 0.278. The largest absolute Gasteiger partial charge is 0.493 e. The van der Waals surface area contributed by atoms with Crippen molar-refractivity contribution in [1.29, 1.82) is 0 Å². The van der Waals surface area contributed by atoms with Crippen molar-refractivity contribution in [2.24, 2.45) is 0 Å². The number of benzene rings is 2. The van der Waals surface area contributed by atoms with Crippen LogP contribution in [0.1, 0.15) is 18.1 Å². The smallest absolute Gasteiger partial charge is 0.330 e. The first kappa shape index (κ1) is 20.8. The lowest BCUT2D eigenvalue weighted by Crippen LogP contribution is -2.07. The zero-order valence-electron chi connectivity index (χ0n) is 16.1. The predicted octanol–water partition coefficient (Wildman–Crippen LogP) is 3.93. The minimum Gasteiger partial charge on any atom is -0.493 e. The molecule has 6 nitrogen and oxygen atoms in total. The highest BCUT2D eigenvalue weighted by atomic mass is 16.5. The van der Waals surface area contributed by atoms with Crippen LogP contribution in [0.2, 0.25) is 0 Å². The second kappa shape index (κ2) is 10.6. The van der Waals surface area contributed by atoms with Gasteiger partial charge in [-0.15, -0.1) is 0 Å². The van der Waals surface area contributed by atoms with Crippen molar-refractivity contribution in [2.45, 2.75) is 6.92 Å². The third-order valence-corrected chi connectivity index (χ3v) is 3.72. The van der Waals surface area contributed by atoms with Gasteiger partial charge in [0, 0.05) is 23.4 Å². The first-order valence-electron chi connectivity index (χ1n) is 8.72. The second-order valence-corrected chi connectivity index (χ2v) is 5.61. The van der Waals surface area contributed by atoms with Crippen LogP contribution in [0.4, 0.5) is 5.69 Å². The molecule has 28 heavy (non-hydrogen) atoms. The molecule has 0 fully saturated rings. The maximum absolute atomic E-state index is 12.2. The van der Waals surface area contributed by atoms with E-state index in [0.29, 0.717) is 23.8 Å². The van der Waals surface area contributed by atoms with Crippen LogP contribution in [0.15, 0.2) is 54.6 Å². The lowest BCUT2D eigenvalue weighted by molar-refractivity contribution is -0.137. The topological polar surface area (TPSA) is 73.9 Å². The average Bonchev–Trinajstić information content (AvgIpc) is 2.71. The Kier molecular flexibility index (Phi) is 7.84. The summed E-state index contributed by atoms with van der Waals surface area (Å²) in [5.41, 5.74) is 2.19. The molecule has 0 heterocycles. The van der Waals surface area contributed by atoms with Crippen molar-refractivity contribution < 1.29 is 23.8 Å². The van der Waals surface area contributed by atoms with Crippen molar-refractivity contribution in [3.8, 4) is 11.5 Å². The Hall–Kier alpha value is -3.54. The van der Waals surface area contributed by atoms with E-state index in [4.69, 9.17) is 14.2 Å². The third-order valence-electron chi connectivity index (χ3n) is 3.72. The Morgan fingerprint density at radius 1 is 0.964 bits per heavy atom. The zero-order valence-corrected chi connectivity index (χ0v) is 16.1. The Bertz CT molecular complexity index is 869. The monoisotopic (exact) mass is 381 g/mol. The quantitative estimate of drug-likeness (QED) is 0.554. The highest BCUT2D eigenvalue weighted by Crippen LogP contribution is 2.31. The van der Waals surface area contributed by atoms with E-state index >= 15 is 0 Å². The molecule has 0 radical (unpaired) electrons. The summed E-state index contributed by atoms with van der Waals surface area (Å²) in [6.45, 7) is 2.09. The molecule has 0 aromatic heterocycles. The van der Waals surface area contributed by atoms with E-state index in [1.165, 1.54) is 12.2 Å². The van der Waals surface area contributed by atoms with Crippen molar-refractivity contribution >= 4 is 29.7 Å². The SMILES string of the molecule is CCOC(=O)/C=C/c1ccc(NC(=O)/C=C/c2cccc(OC)c2OC)cc1. The van der Waals surface area contributed by atoms with Gasteiger partial charge in [0.05, 0.1) is 20.8 Å². The standard InChI is InChI=1S/C22H23NO5/c1-4-28-21(25)15-10-16-8-12-18(13-9-16)23-20(24)14-11-17-6-5-7-19(26-2)22(17)27-3/h5-15H,4H2,1-3H3,(H,23,24)/b14-11+,15-10+. The molecule has 0 aliphatic heterocycles. The fourth-order valence-corrected chi connectivity index (χ4v) is 2.42. The lowest BCUT2D eigenvalue weighted by Gasteiger charge is -2.09. The zero-order chi connectivity index (χ0) is 20.4. The Morgan fingerprint density at radius 3 is 2.36 bits per heavy atom. The summed E-state index contributed by atoms with van der Waals surface area (Å²) in [7, 11) is 3.11. The number of nitrogens with one attached hydrogen (secondary N) is 1. The molecule has 0 aliphatic rings. The highest BCUT2D eigenvalue weighted by Gasteiger charge is 2.07. The number of methoxy groups -OCH3 is 2. The van der Waals surface area contributed by atoms with Crippen LogP contribution >= 0.6 is 0 Å². The summed E-state index contributed by atoms with van der Waals surface area (Å²) in [6.07, 6.45) is 6.10. The van der Waals surface area contributed by atoms with Gasteiger partial charge in [-0.25, -0.2) is 4.79 Å². The van der Waals surface area contributed by atoms with Crippen LogP contribution in [-0.2, 0) is 14.3 Å². The number of rotatable bonds is 8. The van der Waals surface area contributed by atoms with Crippen molar-refractivity contribution in [2.75, 3.05) is 26.1 Å². The number of amides is 1. The molecule has 1 N–H and O–H groups in total. The summed E-state index contributed by atoms with van der Waals surface area (Å²) in [4.78, 5) is 23.5. The van der Waals surface area contributed by atoms with Crippen molar-refractivity contribution in [3.63, 3.8) is 0 Å². The summed E-state index contributed by atoms with van der Waals surface area (Å²) >= 11 is 0. The van der Waals surface area contributed by atoms with E-state index < -0.39 is 5.97 Å². The predicted molar refractivity (Wildman–Crippen MR) is 109 cm³/mol. The van der Waals surface area contributed by atoms with Crippen LogP contribution in [0.3, 0.4) is 0 Å². The summed E-state index contributed by atoms with van der Waals surface area (Å²) < 4.78 is 15.4. The van der Waals surface area contributed by atoms with Crippen LogP contribution in [0.25, 0.3) is 12.2 Å². The highest BCUT2D eigenvalue weighted by molar-refractivity contribution is 6.02. The van der Waals surface area contributed by atoms with Gasteiger partial charge in [0.25, 0.3) is 0 Å². The fourth-order valence-electron chi connectivity index (χ4n) is 2.42. The maximum Gasteiger partial charge on any atom is 0.330 e.